The van der Waals surface area contributed by atoms with Gasteiger partial charge in [0.05, 0.1) is 31.8 Å². The summed E-state index contributed by atoms with van der Waals surface area (Å²) in [6.45, 7) is 2.10. The summed E-state index contributed by atoms with van der Waals surface area (Å²) in [7, 11) is 3.22. The van der Waals surface area contributed by atoms with E-state index in [4.69, 9.17) is 14.2 Å². The molecule has 4 aromatic rings. The van der Waals surface area contributed by atoms with E-state index in [-0.39, 0.29) is 17.6 Å². The van der Waals surface area contributed by atoms with E-state index in [2.05, 4.69) is 29.3 Å². The van der Waals surface area contributed by atoms with Gasteiger partial charge in [-0.1, -0.05) is 23.5 Å². The fourth-order valence-corrected chi connectivity index (χ4v) is 6.40. The molecule has 0 aliphatic carbocycles. The number of nitrogens with one attached hydrogen (secondary N) is 2. The van der Waals surface area contributed by atoms with E-state index in [1.807, 2.05) is 48.5 Å². The van der Waals surface area contributed by atoms with Crippen LogP contribution in [0.1, 0.15) is 12.8 Å². The molecule has 0 bridgehead atoms. The summed E-state index contributed by atoms with van der Waals surface area (Å²) in [5.74, 6) is 3.27. The minimum Gasteiger partial charge on any atom is -0.497 e. The van der Waals surface area contributed by atoms with E-state index in [1.54, 1.807) is 14.2 Å². The third kappa shape index (κ3) is 11.1. The van der Waals surface area contributed by atoms with Crippen molar-refractivity contribution in [1.29, 1.82) is 0 Å². The highest BCUT2D eigenvalue weighted by Crippen LogP contribution is 2.27. The normalized spacial score (nSPS) is 10.8. The maximum atomic E-state index is 12.2. The van der Waals surface area contributed by atoms with Gasteiger partial charge in [-0.25, -0.2) is 9.97 Å². The van der Waals surface area contributed by atoms with Gasteiger partial charge in [0.2, 0.25) is 11.8 Å². The van der Waals surface area contributed by atoms with Crippen molar-refractivity contribution in [3.05, 3.63) is 48.5 Å². The van der Waals surface area contributed by atoms with E-state index in [0.29, 0.717) is 43.7 Å². The van der Waals surface area contributed by atoms with Crippen LogP contribution in [0.3, 0.4) is 0 Å². The number of hydrogen-bond donors (Lipinski definition) is 2. The zero-order valence-electron chi connectivity index (χ0n) is 23.7. The molecular weight excluding hydrogens is 629 g/mol. The number of unbranched alkanes of at least 4 members (excludes halogenated alkanes) is 1. The van der Waals surface area contributed by atoms with Crippen LogP contribution in [0.2, 0.25) is 0 Å². The monoisotopic (exact) mass is 660 g/mol. The predicted octanol–water partition coefficient (Wildman–Crippen LogP) is 4.65. The van der Waals surface area contributed by atoms with Gasteiger partial charge in [-0.05, 0) is 84.4 Å². The first-order valence-electron chi connectivity index (χ1n) is 13.4. The predicted molar refractivity (Wildman–Crippen MR) is 171 cm³/mol. The van der Waals surface area contributed by atoms with Crippen LogP contribution in [0.15, 0.2) is 57.2 Å². The van der Waals surface area contributed by atoms with Gasteiger partial charge >= 0.3 is 0 Å². The van der Waals surface area contributed by atoms with E-state index >= 15 is 0 Å². The zero-order chi connectivity index (χ0) is 30.3. The van der Waals surface area contributed by atoms with Crippen molar-refractivity contribution in [1.82, 2.24) is 29.3 Å². The topological polar surface area (TPSA) is 137 Å². The maximum Gasteiger partial charge on any atom is 0.230 e. The molecule has 2 aromatic heterocycles. The Bertz CT molecular complexity index is 1430. The van der Waals surface area contributed by atoms with Crippen LogP contribution < -0.4 is 20.1 Å². The number of methoxy groups -OCH3 is 2. The average molecular weight is 661 g/mol. The molecule has 2 heterocycles. The quantitative estimate of drug-likeness (QED) is 0.114. The van der Waals surface area contributed by atoms with Gasteiger partial charge in [0, 0.05) is 31.3 Å². The van der Waals surface area contributed by atoms with Crippen molar-refractivity contribution < 1.29 is 23.8 Å². The first-order chi connectivity index (χ1) is 21.0. The summed E-state index contributed by atoms with van der Waals surface area (Å²) in [5.41, 5.74) is 1.79. The van der Waals surface area contributed by atoms with Crippen LogP contribution in [-0.2, 0) is 14.3 Å². The van der Waals surface area contributed by atoms with E-state index in [1.165, 1.54) is 46.6 Å². The SMILES string of the molecule is COCCNC(=O)CSc1nc(-c2ccc(OCCCCNC(=O)CSc3nc(-c4ccc(OC)cc4)ns3)cc2)ns1. The van der Waals surface area contributed by atoms with Gasteiger partial charge in [-0.15, -0.1) is 0 Å². The lowest BCUT2D eigenvalue weighted by Gasteiger charge is -2.07. The molecule has 11 nitrogen and oxygen atoms in total. The lowest BCUT2D eigenvalue weighted by Crippen LogP contribution is -2.28. The summed E-state index contributed by atoms with van der Waals surface area (Å²) < 4.78 is 26.2. The molecular formula is C28H32N6O5S4. The molecule has 0 saturated carbocycles. The van der Waals surface area contributed by atoms with Gasteiger partial charge in [0.1, 0.15) is 11.5 Å². The second-order valence-corrected chi connectivity index (χ2v) is 12.8. The van der Waals surface area contributed by atoms with Crippen molar-refractivity contribution in [2.24, 2.45) is 0 Å². The molecule has 0 saturated heterocycles. The van der Waals surface area contributed by atoms with E-state index in [9.17, 15) is 9.59 Å². The molecule has 0 unspecified atom stereocenters. The minimum absolute atomic E-state index is 0.0368. The molecule has 43 heavy (non-hydrogen) atoms. The van der Waals surface area contributed by atoms with Gasteiger partial charge in [-0.2, -0.15) is 8.75 Å². The van der Waals surface area contributed by atoms with Crippen LogP contribution in [0.4, 0.5) is 0 Å². The molecule has 15 heteroatoms. The van der Waals surface area contributed by atoms with Crippen LogP contribution in [0.5, 0.6) is 11.5 Å². The van der Waals surface area contributed by atoms with Crippen molar-refractivity contribution >= 4 is 58.4 Å². The number of carbonyl (C=O) groups excluding carboxylic acids is 2. The summed E-state index contributed by atoms with van der Waals surface area (Å²) in [4.78, 5) is 33.1. The Balaban J connectivity index is 1.07. The number of hydrogen-bond acceptors (Lipinski definition) is 13. The summed E-state index contributed by atoms with van der Waals surface area (Å²) >= 11 is 5.29. The van der Waals surface area contributed by atoms with Crippen molar-refractivity contribution in [3.63, 3.8) is 0 Å². The third-order valence-corrected chi connectivity index (χ3v) is 9.39. The molecule has 2 amide bonds. The number of benzene rings is 2. The van der Waals surface area contributed by atoms with E-state index in [0.717, 1.165) is 44.1 Å². The summed E-state index contributed by atoms with van der Waals surface area (Å²) in [6.07, 6.45) is 1.62. The Morgan fingerprint density at radius 1 is 0.721 bits per heavy atom. The molecule has 2 aromatic carbocycles. The fraction of sp³-hybridized carbons (Fsp3) is 0.357. The first-order valence-corrected chi connectivity index (χ1v) is 16.9. The van der Waals surface area contributed by atoms with Crippen molar-refractivity contribution in [3.8, 4) is 34.3 Å². The second-order valence-electron chi connectivity index (χ2n) is 8.85. The zero-order valence-corrected chi connectivity index (χ0v) is 27.0. The third-order valence-electron chi connectivity index (χ3n) is 5.72. The Morgan fingerprint density at radius 2 is 1.26 bits per heavy atom. The number of thioether (sulfide) groups is 2. The molecule has 0 aliphatic rings. The summed E-state index contributed by atoms with van der Waals surface area (Å²) in [6, 6.07) is 15.2. The van der Waals surface area contributed by atoms with Gasteiger partial charge in [-0.3, -0.25) is 9.59 Å². The van der Waals surface area contributed by atoms with Gasteiger partial charge in [0.15, 0.2) is 20.3 Å². The van der Waals surface area contributed by atoms with Gasteiger partial charge < -0.3 is 24.8 Å². The molecule has 0 radical (unpaired) electrons. The number of aromatic nitrogens is 4. The Hall–Kier alpha value is -3.24. The first kappa shape index (κ1) is 32.7. The minimum atomic E-state index is -0.0636. The maximum absolute atomic E-state index is 12.2. The number of carbonyl (C=O) groups is 2. The number of amides is 2. The van der Waals surface area contributed by atoms with Gasteiger partial charge in [0.25, 0.3) is 0 Å². The lowest BCUT2D eigenvalue weighted by atomic mass is 10.2. The van der Waals surface area contributed by atoms with Crippen LogP contribution in [-0.4, -0.2) is 82.6 Å². The molecule has 4 rings (SSSR count). The second kappa shape index (κ2) is 17.8. The molecule has 0 spiro atoms. The highest BCUT2D eigenvalue weighted by Gasteiger charge is 2.11. The summed E-state index contributed by atoms with van der Waals surface area (Å²) in [5, 5.41) is 5.72. The van der Waals surface area contributed by atoms with Crippen molar-refractivity contribution in [2.45, 2.75) is 21.5 Å². The molecule has 0 aliphatic heterocycles. The molecule has 0 atom stereocenters. The lowest BCUT2D eigenvalue weighted by molar-refractivity contribution is -0.119. The van der Waals surface area contributed by atoms with E-state index < -0.39 is 0 Å². The highest BCUT2D eigenvalue weighted by atomic mass is 32.2. The van der Waals surface area contributed by atoms with Crippen LogP contribution >= 0.6 is 46.6 Å². The van der Waals surface area contributed by atoms with Crippen LogP contribution in [0, 0.1) is 0 Å². The molecule has 2 N–H and O–H groups in total. The Kier molecular flexibility index (Phi) is 13.5. The number of ether oxygens (including phenoxy) is 3. The Labute approximate surface area is 266 Å². The van der Waals surface area contributed by atoms with Crippen molar-refractivity contribution in [2.75, 3.05) is 52.0 Å². The number of rotatable bonds is 18. The smallest absolute Gasteiger partial charge is 0.230 e. The Morgan fingerprint density at radius 3 is 1.79 bits per heavy atom. The average Bonchev–Trinajstić information content (AvgIpc) is 3.71. The molecule has 228 valence electrons. The standard InChI is InChI=1S/C28H32N6O5S4/c1-37-16-14-30-24(36)18-41-28-32-26(34-43-28)20-7-11-22(12-8-20)39-15-4-3-13-29-23(35)17-40-27-31-25(33-42-27)19-5-9-21(38-2)10-6-19/h5-12H,3-4,13-18H2,1-2H3,(H,29,35)(H,30,36). The number of nitrogens with zero attached hydrogens (tertiary/aromatic N) is 4. The highest BCUT2D eigenvalue weighted by molar-refractivity contribution is 8.01. The molecule has 0 fully saturated rings. The van der Waals surface area contributed by atoms with Crippen LogP contribution in [0.25, 0.3) is 22.8 Å². The largest absolute Gasteiger partial charge is 0.497 e. The fourth-order valence-electron chi connectivity index (χ4n) is 3.51.